The molecule has 0 aliphatic rings. The van der Waals surface area contributed by atoms with Gasteiger partial charge in [-0.25, -0.2) is 19.0 Å². The van der Waals surface area contributed by atoms with Crippen molar-refractivity contribution in [1.82, 2.24) is 4.98 Å². The van der Waals surface area contributed by atoms with E-state index in [0.29, 0.717) is 0 Å². The van der Waals surface area contributed by atoms with Gasteiger partial charge in [0.1, 0.15) is 17.2 Å². The lowest BCUT2D eigenvalue weighted by Crippen LogP contribution is -2.27. The third kappa shape index (κ3) is 5.60. The highest BCUT2D eigenvalue weighted by molar-refractivity contribution is 5.91. The van der Waals surface area contributed by atoms with Gasteiger partial charge in [0.05, 0.1) is 12.7 Å². The van der Waals surface area contributed by atoms with Gasteiger partial charge in [0.2, 0.25) is 0 Å². The minimum atomic E-state index is -0.770. The number of hydrogen-bond donors (Lipinski definition) is 1. The molecule has 1 aromatic heterocycles. The molecule has 1 N–H and O–H groups in total. The fourth-order valence-electron chi connectivity index (χ4n) is 1.33. The molecule has 1 aromatic rings. The monoisotopic (exact) mass is 296 g/mol. The molecule has 6 nitrogen and oxygen atoms in total. The summed E-state index contributed by atoms with van der Waals surface area (Å²) >= 11 is 0. The molecule has 0 aliphatic carbocycles. The molecule has 0 radical (unpaired) electrons. The Hall–Kier alpha value is -2.44. The Morgan fingerprint density at radius 3 is 2.62 bits per heavy atom. The summed E-state index contributed by atoms with van der Waals surface area (Å²) in [6.45, 7) is 5.09. The highest BCUT2D eigenvalue weighted by atomic mass is 19.1. The van der Waals surface area contributed by atoms with Crippen LogP contribution in [0.4, 0.5) is 15.0 Å². The van der Waals surface area contributed by atoms with Crippen molar-refractivity contribution >= 4 is 24.0 Å². The summed E-state index contributed by atoms with van der Waals surface area (Å²) in [6.07, 6.45) is 2.62. The second kappa shape index (κ2) is 6.83. The number of hydrogen-bond acceptors (Lipinski definition) is 5. The first-order chi connectivity index (χ1) is 9.73. The first kappa shape index (κ1) is 16.6. The summed E-state index contributed by atoms with van der Waals surface area (Å²) in [5, 5.41) is 2.33. The van der Waals surface area contributed by atoms with Crippen LogP contribution in [0.5, 0.6) is 0 Å². The molecule has 114 valence electrons. The molecule has 0 fully saturated rings. The molecule has 0 saturated carbocycles. The molecule has 0 aromatic carbocycles. The Labute approximate surface area is 122 Å². The molecule has 0 bridgehead atoms. The number of anilines is 1. The van der Waals surface area contributed by atoms with Crippen molar-refractivity contribution in [3.8, 4) is 0 Å². The minimum absolute atomic E-state index is 0.0474. The molecule has 1 heterocycles. The molecule has 7 heteroatoms. The van der Waals surface area contributed by atoms with Crippen LogP contribution in [0.15, 0.2) is 18.3 Å². The molecule has 1 amide bonds. The number of nitrogens with zero attached hydrogens (tertiary/aromatic N) is 1. The number of aromatic nitrogens is 1. The average Bonchev–Trinajstić information content (AvgIpc) is 2.35. The lowest BCUT2D eigenvalue weighted by Gasteiger charge is -2.19. The van der Waals surface area contributed by atoms with Gasteiger partial charge in [-0.3, -0.25) is 5.32 Å². The largest absolute Gasteiger partial charge is 0.466 e. The Morgan fingerprint density at radius 1 is 1.38 bits per heavy atom. The molecule has 0 aliphatic heterocycles. The van der Waals surface area contributed by atoms with Crippen molar-refractivity contribution in [2.45, 2.75) is 26.4 Å². The van der Waals surface area contributed by atoms with E-state index in [2.05, 4.69) is 15.0 Å². The fraction of sp³-hybridized carbons (Fsp3) is 0.357. The summed E-state index contributed by atoms with van der Waals surface area (Å²) in [7, 11) is 1.20. The standard InChI is InChI=1S/C14H17FN2O4/c1-14(2,3)21-13(19)17-12-9(5-6-11(18)20-4)10(15)7-8-16-12/h5-8H,1-4H3,(H,16,17,19)/b6-5+. The van der Waals surface area contributed by atoms with Crippen LogP contribution in [0.3, 0.4) is 0 Å². The quantitative estimate of drug-likeness (QED) is 0.685. The first-order valence-electron chi connectivity index (χ1n) is 6.13. The number of ether oxygens (including phenoxy) is 2. The number of rotatable bonds is 3. The normalized spacial score (nSPS) is 11.3. The summed E-state index contributed by atoms with van der Waals surface area (Å²) in [6, 6.07) is 1.11. The molecular formula is C14H17FN2O4. The number of halogens is 1. The Morgan fingerprint density at radius 2 is 2.05 bits per heavy atom. The zero-order valence-corrected chi connectivity index (χ0v) is 12.3. The SMILES string of the molecule is COC(=O)/C=C/c1c(F)ccnc1NC(=O)OC(C)(C)C. The summed E-state index contributed by atoms with van der Waals surface area (Å²) in [5.74, 6) is -1.35. The number of amides is 1. The second-order valence-corrected chi connectivity index (χ2v) is 5.04. The van der Waals surface area contributed by atoms with Crippen LogP contribution in [0.1, 0.15) is 26.3 Å². The average molecular weight is 296 g/mol. The van der Waals surface area contributed by atoms with Gasteiger partial charge >= 0.3 is 12.1 Å². The predicted octanol–water partition coefficient (Wildman–Crippen LogP) is 2.75. The van der Waals surface area contributed by atoms with Gasteiger partial charge in [0.25, 0.3) is 0 Å². The van der Waals surface area contributed by atoms with E-state index in [-0.39, 0.29) is 11.4 Å². The van der Waals surface area contributed by atoms with Crippen LogP contribution in [0, 0.1) is 5.82 Å². The minimum Gasteiger partial charge on any atom is -0.466 e. The molecule has 1 rings (SSSR count). The van der Waals surface area contributed by atoms with E-state index in [0.717, 1.165) is 12.1 Å². The highest BCUT2D eigenvalue weighted by Gasteiger charge is 2.18. The maximum atomic E-state index is 13.8. The van der Waals surface area contributed by atoms with Crippen LogP contribution < -0.4 is 5.32 Å². The van der Waals surface area contributed by atoms with E-state index in [4.69, 9.17) is 4.74 Å². The van der Waals surface area contributed by atoms with E-state index >= 15 is 0 Å². The van der Waals surface area contributed by atoms with Crippen LogP contribution in [-0.4, -0.2) is 29.8 Å². The smallest absolute Gasteiger partial charge is 0.413 e. The molecule has 0 unspecified atom stereocenters. The van der Waals surface area contributed by atoms with Crippen molar-refractivity contribution < 1.29 is 23.5 Å². The molecule has 0 atom stereocenters. The third-order valence-electron chi connectivity index (χ3n) is 2.14. The summed E-state index contributed by atoms with van der Waals surface area (Å²) < 4.78 is 23.2. The van der Waals surface area contributed by atoms with Crippen LogP contribution in [0.2, 0.25) is 0 Å². The van der Waals surface area contributed by atoms with Crippen molar-refractivity contribution in [2.24, 2.45) is 0 Å². The van der Waals surface area contributed by atoms with Gasteiger partial charge in [-0.05, 0) is 32.9 Å². The Balaban J connectivity index is 2.97. The molecular weight excluding hydrogens is 279 g/mol. The van der Waals surface area contributed by atoms with Gasteiger partial charge in [-0.2, -0.15) is 0 Å². The predicted molar refractivity (Wildman–Crippen MR) is 75.1 cm³/mol. The number of pyridine rings is 1. The fourth-order valence-corrected chi connectivity index (χ4v) is 1.33. The van der Waals surface area contributed by atoms with Crippen molar-refractivity contribution in [1.29, 1.82) is 0 Å². The third-order valence-corrected chi connectivity index (χ3v) is 2.14. The van der Waals surface area contributed by atoms with Crippen molar-refractivity contribution in [3.63, 3.8) is 0 Å². The second-order valence-electron chi connectivity index (χ2n) is 5.04. The highest BCUT2D eigenvalue weighted by Crippen LogP contribution is 2.19. The topological polar surface area (TPSA) is 77.5 Å². The Kier molecular flexibility index (Phi) is 5.40. The lowest BCUT2D eigenvalue weighted by molar-refractivity contribution is -0.134. The molecule has 0 saturated heterocycles. The van der Waals surface area contributed by atoms with Crippen LogP contribution >= 0.6 is 0 Å². The van der Waals surface area contributed by atoms with Crippen molar-refractivity contribution in [2.75, 3.05) is 12.4 Å². The maximum absolute atomic E-state index is 13.8. The van der Waals surface area contributed by atoms with E-state index < -0.39 is 23.5 Å². The van der Waals surface area contributed by atoms with E-state index in [1.165, 1.54) is 19.4 Å². The molecule has 0 spiro atoms. The van der Waals surface area contributed by atoms with Gasteiger partial charge in [-0.1, -0.05) is 0 Å². The van der Waals surface area contributed by atoms with Gasteiger partial charge in [0, 0.05) is 12.3 Å². The zero-order valence-electron chi connectivity index (χ0n) is 12.3. The summed E-state index contributed by atoms with van der Waals surface area (Å²) in [5.41, 5.74) is -0.742. The lowest BCUT2D eigenvalue weighted by atomic mass is 10.2. The number of methoxy groups -OCH3 is 1. The Bertz CT molecular complexity index is 565. The van der Waals surface area contributed by atoms with Gasteiger partial charge in [-0.15, -0.1) is 0 Å². The number of nitrogens with one attached hydrogen (secondary N) is 1. The van der Waals surface area contributed by atoms with Gasteiger partial charge < -0.3 is 9.47 Å². The maximum Gasteiger partial charge on any atom is 0.413 e. The van der Waals surface area contributed by atoms with E-state index in [9.17, 15) is 14.0 Å². The van der Waals surface area contributed by atoms with Crippen LogP contribution in [0.25, 0.3) is 6.08 Å². The van der Waals surface area contributed by atoms with Gasteiger partial charge in [0.15, 0.2) is 0 Å². The summed E-state index contributed by atoms with van der Waals surface area (Å²) in [4.78, 5) is 26.6. The first-order valence-corrected chi connectivity index (χ1v) is 6.13. The van der Waals surface area contributed by atoms with E-state index in [1.54, 1.807) is 20.8 Å². The zero-order chi connectivity index (χ0) is 16.0. The number of esters is 1. The van der Waals surface area contributed by atoms with Crippen LogP contribution in [-0.2, 0) is 14.3 Å². The van der Waals surface area contributed by atoms with E-state index in [1.807, 2.05) is 0 Å². The number of carbonyl (C=O) groups excluding carboxylic acids is 2. The van der Waals surface area contributed by atoms with Crippen molar-refractivity contribution in [3.05, 3.63) is 29.7 Å². The molecule has 21 heavy (non-hydrogen) atoms. The number of carbonyl (C=O) groups is 2.